The van der Waals surface area contributed by atoms with E-state index in [-0.39, 0.29) is 18.5 Å². The number of halogens is 1. The van der Waals surface area contributed by atoms with Crippen LogP contribution in [0.3, 0.4) is 0 Å². The molecule has 1 N–H and O–H groups in total. The summed E-state index contributed by atoms with van der Waals surface area (Å²) in [5.41, 5.74) is 3.04. The lowest BCUT2D eigenvalue weighted by atomic mass is 10.1. The van der Waals surface area contributed by atoms with Crippen LogP contribution in [0.25, 0.3) is 0 Å². The van der Waals surface area contributed by atoms with Crippen LogP contribution in [-0.4, -0.2) is 38.6 Å². The number of hydrogen-bond donors (Lipinski definition) is 1. The zero-order valence-corrected chi connectivity index (χ0v) is 17.3. The molecule has 1 amide bonds. The third-order valence-corrected chi connectivity index (χ3v) is 4.95. The van der Waals surface area contributed by atoms with Gasteiger partial charge in [-0.05, 0) is 48.7 Å². The lowest BCUT2D eigenvalue weighted by Gasteiger charge is -2.22. The Morgan fingerprint density at radius 1 is 1.19 bits per heavy atom. The number of ether oxygens (including phenoxy) is 2. The van der Waals surface area contributed by atoms with Crippen molar-refractivity contribution in [3.63, 3.8) is 0 Å². The molecule has 2 aromatic rings. The molecule has 2 aromatic carbocycles. The van der Waals surface area contributed by atoms with Crippen molar-refractivity contribution in [2.75, 3.05) is 27.8 Å². The van der Waals surface area contributed by atoms with Gasteiger partial charge in [0.1, 0.15) is 0 Å². The molecule has 0 aliphatic rings. The molecule has 0 bridgehead atoms. The van der Waals surface area contributed by atoms with Crippen molar-refractivity contribution in [2.45, 2.75) is 26.4 Å². The van der Waals surface area contributed by atoms with Crippen LogP contribution in [0.15, 0.2) is 36.4 Å². The number of benzene rings is 2. The van der Waals surface area contributed by atoms with E-state index in [1.165, 1.54) is 0 Å². The van der Waals surface area contributed by atoms with Gasteiger partial charge < -0.3 is 19.7 Å². The average Bonchev–Trinajstić information content (AvgIpc) is 2.67. The third kappa shape index (κ3) is 5.37. The van der Waals surface area contributed by atoms with E-state index >= 15 is 0 Å². The normalized spacial score (nSPS) is 11.8. The highest BCUT2D eigenvalue weighted by atomic mass is 35.5. The molecule has 0 heterocycles. The van der Waals surface area contributed by atoms with E-state index in [1.807, 2.05) is 50.2 Å². The molecule has 0 aliphatic carbocycles. The van der Waals surface area contributed by atoms with Crippen molar-refractivity contribution in [1.82, 2.24) is 10.2 Å². The van der Waals surface area contributed by atoms with Gasteiger partial charge in [0.15, 0.2) is 11.5 Å². The largest absolute Gasteiger partial charge is 0.493 e. The number of carbonyl (C=O) groups is 1. The van der Waals surface area contributed by atoms with Gasteiger partial charge in [-0.15, -0.1) is 0 Å². The van der Waals surface area contributed by atoms with Crippen LogP contribution >= 0.6 is 11.6 Å². The van der Waals surface area contributed by atoms with E-state index in [4.69, 9.17) is 21.1 Å². The molecule has 5 nitrogen and oxygen atoms in total. The SMILES string of the molecule is COc1cc(C)c(CN(C)C(=O)CN[C@@H](C)c2ccccc2Cl)cc1OC. The molecule has 2 rings (SSSR count). The predicted octanol–water partition coefficient (Wildman–Crippen LogP) is 3.97. The van der Waals surface area contributed by atoms with E-state index in [9.17, 15) is 4.79 Å². The topological polar surface area (TPSA) is 50.8 Å². The molecule has 0 saturated carbocycles. The number of methoxy groups -OCH3 is 2. The Morgan fingerprint density at radius 2 is 1.81 bits per heavy atom. The number of nitrogens with one attached hydrogen (secondary N) is 1. The number of aryl methyl sites for hydroxylation is 1. The minimum Gasteiger partial charge on any atom is -0.493 e. The van der Waals surface area contributed by atoms with Gasteiger partial charge in [0.25, 0.3) is 0 Å². The molecule has 146 valence electrons. The first-order valence-electron chi connectivity index (χ1n) is 8.80. The van der Waals surface area contributed by atoms with Crippen molar-refractivity contribution in [1.29, 1.82) is 0 Å². The quantitative estimate of drug-likeness (QED) is 0.740. The highest BCUT2D eigenvalue weighted by molar-refractivity contribution is 6.31. The Balaban J connectivity index is 1.99. The highest BCUT2D eigenvalue weighted by Gasteiger charge is 2.15. The summed E-state index contributed by atoms with van der Waals surface area (Å²) >= 11 is 6.22. The standard InChI is InChI=1S/C21H27ClN2O3/c1-14-10-19(26-4)20(27-5)11-16(14)13-24(3)21(25)12-23-15(2)17-8-6-7-9-18(17)22/h6-11,15,23H,12-13H2,1-5H3/t15-/m0/s1. The Morgan fingerprint density at radius 3 is 2.44 bits per heavy atom. The summed E-state index contributed by atoms with van der Waals surface area (Å²) in [6.07, 6.45) is 0. The summed E-state index contributed by atoms with van der Waals surface area (Å²) < 4.78 is 10.7. The van der Waals surface area contributed by atoms with Crippen LogP contribution in [0.2, 0.25) is 5.02 Å². The number of nitrogens with zero attached hydrogens (tertiary/aromatic N) is 1. The first-order valence-corrected chi connectivity index (χ1v) is 9.18. The molecule has 0 spiro atoms. The minimum atomic E-state index is -0.0149. The average molecular weight is 391 g/mol. The zero-order valence-electron chi connectivity index (χ0n) is 16.5. The molecule has 1 atom stereocenters. The van der Waals surface area contributed by atoms with Gasteiger partial charge in [-0.2, -0.15) is 0 Å². The molecule has 0 aliphatic heterocycles. The molecular weight excluding hydrogens is 364 g/mol. The smallest absolute Gasteiger partial charge is 0.236 e. The van der Waals surface area contributed by atoms with Gasteiger partial charge >= 0.3 is 0 Å². The Bertz CT molecular complexity index is 795. The summed E-state index contributed by atoms with van der Waals surface area (Å²) in [6, 6.07) is 11.5. The molecule has 6 heteroatoms. The van der Waals surface area contributed by atoms with Crippen molar-refractivity contribution < 1.29 is 14.3 Å². The molecule has 0 unspecified atom stereocenters. The Hall–Kier alpha value is -2.24. The maximum atomic E-state index is 12.5. The van der Waals surface area contributed by atoms with Crippen LogP contribution in [0.5, 0.6) is 11.5 Å². The Kier molecular flexibility index (Phi) is 7.51. The summed E-state index contributed by atoms with van der Waals surface area (Å²) in [7, 11) is 5.00. The van der Waals surface area contributed by atoms with Crippen LogP contribution in [0, 0.1) is 6.92 Å². The van der Waals surface area contributed by atoms with Crippen LogP contribution < -0.4 is 14.8 Å². The first-order chi connectivity index (χ1) is 12.9. The Labute approximate surface area is 166 Å². The van der Waals surface area contributed by atoms with Gasteiger partial charge in [-0.1, -0.05) is 29.8 Å². The maximum absolute atomic E-state index is 12.5. The van der Waals surface area contributed by atoms with Gasteiger partial charge in [0, 0.05) is 24.7 Å². The van der Waals surface area contributed by atoms with Gasteiger partial charge in [-0.25, -0.2) is 0 Å². The molecule has 0 aromatic heterocycles. The number of amides is 1. The second-order valence-electron chi connectivity index (χ2n) is 6.51. The number of hydrogen-bond acceptors (Lipinski definition) is 4. The van der Waals surface area contributed by atoms with Crippen molar-refractivity contribution >= 4 is 17.5 Å². The van der Waals surface area contributed by atoms with E-state index in [0.717, 1.165) is 16.7 Å². The minimum absolute atomic E-state index is 0.00286. The van der Waals surface area contributed by atoms with E-state index in [1.54, 1.807) is 26.2 Å². The fourth-order valence-electron chi connectivity index (χ4n) is 2.85. The first kappa shape index (κ1) is 21.1. The summed E-state index contributed by atoms with van der Waals surface area (Å²) in [4.78, 5) is 14.2. The van der Waals surface area contributed by atoms with Crippen LogP contribution in [-0.2, 0) is 11.3 Å². The maximum Gasteiger partial charge on any atom is 0.236 e. The zero-order chi connectivity index (χ0) is 20.0. The number of likely N-dealkylation sites (N-methyl/N-ethyl adjacent to an activating group) is 1. The third-order valence-electron chi connectivity index (χ3n) is 4.61. The van der Waals surface area contributed by atoms with E-state index in [0.29, 0.717) is 23.1 Å². The molecule has 0 radical (unpaired) electrons. The molecule has 0 fully saturated rings. The second-order valence-corrected chi connectivity index (χ2v) is 6.91. The molecule has 0 saturated heterocycles. The monoisotopic (exact) mass is 390 g/mol. The lowest BCUT2D eigenvalue weighted by Crippen LogP contribution is -2.36. The van der Waals surface area contributed by atoms with Gasteiger partial charge in [0.05, 0.1) is 20.8 Å². The number of carbonyl (C=O) groups excluding carboxylic acids is 1. The highest BCUT2D eigenvalue weighted by Crippen LogP contribution is 2.30. The van der Waals surface area contributed by atoms with Gasteiger partial charge in [0.2, 0.25) is 5.91 Å². The van der Waals surface area contributed by atoms with Crippen molar-refractivity contribution in [3.8, 4) is 11.5 Å². The lowest BCUT2D eigenvalue weighted by molar-refractivity contribution is -0.129. The summed E-state index contributed by atoms with van der Waals surface area (Å²) in [5, 5.41) is 3.94. The van der Waals surface area contributed by atoms with Crippen molar-refractivity contribution in [2.24, 2.45) is 0 Å². The fraction of sp³-hybridized carbons (Fsp3) is 0.381. The number of rotatable bonds is 8. The van der Waals surface area contributed by atoms with Crippen LogP contribution in [0.1, 0.15) is 29.7 Å². The predicted molar refractivity (Wildman–Crippen MR) is 109 cm³/mol. The second kappa shape index (κ2) is 9.62. The van der Waals surface area contributed by atoms with E-state index in [2.05, 4.69) is 5.32 Å². The molecular formula is C21H27ClN2O3. The van der Waals surface area contributed by atoms with Crippen molar-refractivity contribution in [3.05, 3.63) is 58.1 Å². The van der Waals surface area contributed by atoms with Crippen LogP contribution in [0.4, 0.5) is 0 Å². The summed E-state index contributed by atoms with van der Waals surface area (Å²) in [5.74, 6) is 1.34. The van der Waals surface area contributed by atoms with E-state index < -0.39 is 0 Å². The summed E-state index contributed by atoms with van der Waals surface area (Å²) in [6.45, 7) is 4.71. The molecule has 27 heavy (non-hydrogen) atoms. The van der Waals surface area contributed by atoms with Gasteiger partial charge in [-0.3, -0.25) is 4.79 Å². The fourth-order valence-corrected chi connectivity index (χ4v) is 3.15.